The molecule has 0 aliphatic rings. The zero-order valence-corrected chi connectivity index (χ0v) is 16.2. The number of carbonyl (C=O) groups excluding carboxylic acids is 1. The Bertz CT molecular complexity index is 823. The number of amides is 1. The molecule has 1 heterocycles. The molecule has 0 aliphatic carbocycles. The van der Waals surface area contributed by atoms with Gasteiger partial charge in [-0.3, -0.25) is 4.79 Å². The van der Waals surface area contributed by atoms with E-state index >= 15 is 0 Å². The smallest absolute Gasteiger partial charge is 0.255 e. The first-order valence-electron chi connectivity index (χ1n) is 7.40. The molecule has 0 unspecified atom stereocenters. The highest BCUT2D eigenvalue weighted by atomic mass is 35.5. The number of thiophene rings is 1. The molecule has 2 rings (SSSR count). The second-order valence-corrected chi connectivity index (χ2v) is 8.28. The van der Waals surface area contributed by atoms with E-state index in [0.717, 1.165) is 5.56 Å². The number of halogens is 1. The molecule has 25 heavy (non-hydrogen) atoms. The minimum absolute atomic E-state index is 0.0136. The summed E-state index contributed by atoms with van der Waals surface area (Å²) in [6.45, 7) is 0.812. The number of methoxy groups -OCH3 is 1. The number of ether oxygens (including phenoxy) is 1. The largest absolute Gasteiger partial charge is 0.383 e. The summed E-state index contributed by atoms with van der Waals surface area (Å²) in [5, 5.41) is 4.09. The predicted octanol–water partition coefficient (Wildman–Crippen LogP) is 2.60. The fourth-order valence-corrected chi connectivity index (χ4v) is 4.03. The van der Waals surface area contributed by atoms with Crippen LogP contribution in [0, 0.1) is 0 Å². The molecule has 136 valence electrons. The molecule has 0 radical (unpaired) electrons. The average Bonchev–Trinajstić information content (AvgIpc) is 3.07. The lowest BCUT2D eigenvalue weighted by Gasteiger charge is -2.18. The molecule has 1 N–H and O–H groups in total. The van der Waals surface area contributed by atoms with Crippen molar-refractivity contribution in [3.63, 3.8) is 0 Å². The van der Waals surface area contributed by atoms with Crippen molar-refractivity contribution in [2.45, 2.75) is 11.4 Å². The summed E-state index contributed by atoms with van der Waals surface area (Å²) in [7, 11) is -0.609. The normalized spacial score (nSPS) is 11.5. The molecule has 9 heteroatoms. The van der Waals surface area contributed by atoms with Crippen LogP contribution in [0.1, 0.15) is 15.9 Å². The van der Waals surface area contributed by atoms with Gasteiger partial charge in [-0.1, -0.05) is 11.6 Å². The zero-order chi connectivity index (χ0) is 18.4. The predicted molar refractivity (Wildman–Crippen MR) is 98.6 cm³/mol. The SMILES string of the molecule is COCCNS(=O)(=O)c1ccc(Cl)c(C(=O)N(C)Cc2ccsc2)c1. The Labute approximate surface area is 156 Å². The molecule has 6 nitrogen and oxygen atoms in total. The van der Waals surface area contributed by atoms with Crippen molar-refractivity contribution >= 4 is 38.9 Å². The second-order valence-electron chi connectivity index (χ2n) is 5.33. The van der Waals surface area contributed by atoms with E-state index in [9.17, 15) is 13.2 Å². The third kappa shape index (κ3) is 5.26. The van der Waals surface area contributed by atoms with Crippen LogP contribution >= 0.6 is 22.9 Å². The van der Waals surface area contributed by atoms with Gasteiger partial charge in [-0.25, -0.2) is 13.1 Å². The maximum absolute atomic E-state index is 12.6. The van der Waals surface area contributed by atoms with Crippen LogP contribution in [0.3, 0.4) is 0 Å². The van der Waals surface area contributed by atoms with Gasteiger partial charge in [-0.05, 0) is 40.6 Å². The van der Waals surface area contributed by atoms with Gasteiger partial charge in [-0.15, -0.1) is 0 Å². The van der Waals surface area contributed by atoms with E-state index in [1.807, 2.05) is 16.8 Å². The highest BCUT2D eigenvalue weighted by Crippen LogP contribution is 2.22. The summed E-state index contributed by atoms with van der Waals surface area (Å²) >= 11 is 7.66. The van der Waals surface area contributed by atoms with Gasteiger partial charge >= 0.3 is 0 Å². The molecule has 0 spiro atoms. The molecule has 0 bridgehead atoms. The van der Waals surface area contributed by atoms with Crippen LogP contribution in [-0.2, 0) is 21.3 Å². The van der Waals surface area contributed by atoms with Crippen LogP contribution in [0.2, 0.25) is 5.02 Å². The summed E-state index contributed by atoms with van der Waals surface area (Å²) in [5.74, 6) is -0.342. The molecular weight excluding hydrogens is 384 g/mol. The molecule has 2 aromatic rings. The number of nitrogens with zero attached hydrogens (tertiary/aromatic N) is 1. The van der Waals surface area contributed by atoms with Crippen LogP contribution in [0.5, 0.6) is 0 Å². The molecule has 1 aromatic carbocycles. The summed E-state index contributed by atoms with van der Waals surface area (Å²) in [6.07, 6.45) is 0. The molecule has 0 saturated heterocycles. The van der Waals surface area contributed by atoms with E-state index in [2.05, 4.69) is 4.72 Å². The number of benzene rings is 1. The summed E-state index contributed by atoms with van der Waals surface area (Å²) < 4.78 is 31.8. The molecule has 0 aliphatic heterocycles. The number of hydrogen-bond acceptors (Lipinski definition) is 5. The van der Waals surface area contributed by atoms with Crippen LogP contribution in [0.4, 0.5) is 0 Å². The van der Waals surface area contributed by atoms with Crippen molar-refractivity contribution in [1.82, 2.24) is 9.62 Å². The van der Waals surface area contributed by atoms with Gasteiger partial charge in [-0.2, -0.15) is 11.3 Å². The standard InChI is InChI=1S/C16H19ClN2O4S2/c1-19(10-12-5-8-24-11-12)16(20)14-9-13(3-4-15(14)17)25(21,22)18-6-7-23-2/h3-5,8-9,11,18H,6-7,10H2,1-2H3. The molecular formula is C16H19ClN2O4S2. The Balaban J connectivity index is 2.21. The lowest BCUT2D eigenvalue weighted by atomic mass is 10.2. The van der Waals surface area contributed by atoms with Crippen molar-refractivity contribution in [2.24, 2.45) is 0 Å². The first-order chi connectivity index (χ1) is 11.8. The first-order valence-corrected chi connectivity index (χ1v) is 10.2. The van der Waals surface area contributed by atoms with Gasteiger partial charge < -0.3 is 9.64 Å². The van der Waals surface area contributed by atoms with E-state index in [4.69, 9.17) is 16.3 Å². The van der Waals surface area contributed by atoms with Gasteiger partial charge in [0.15, 0.2) is 0 Å². The van der Waals surface area contributed by atoms with E-state index < -0.39 is 10.0 Å². The number of sulfonamides is 1. The lowest BCUT2D eigenvalue weighted by molar-refractivity contribution is 0.0785. The fraction of sp³-hybridized carbons (Fsp3) is 0.312. The Morgan fingerprint density at radius 3 is 2.76 bits per heavy atom. The highest BCUT2D eigenvalue weighted by molar-refractivity contribution is 7.89. The second kappa shape index (κ2) is 8.77. The van der Waals surface area contributed by atoms with Gasteiger partial charge in [0.2, 0.25) is 10.0 Å². The number of hydrogen-bond donors (Lipinski definition) is 1. The van der Waals surface area contributed by atoms with Crippen molar-refractivity contribution in [3.05, 3.63) is 51.2 Å². The van der Waals surface area contributed by atoms with E-state index in [-0.39, 0.29) is 34.5 Å². The third-order valence-corrected chi connectivity index (χ3v) is 5.94. The molecule has 0 atom stereocenters. The van der Waals surface area contributed by atoms with Crippen molar-refractivity contribution in [2.75, 3.05) is 27.3 Å². The fourth-order valence-electron chi connectivity index (χ4n) is 2.13. The van der Waals surface area contributed by atoms with Gasteiger partial charge in [0.05, 0.1) is 22.1 Å². The lowest BCUT2D eigenvalue weighted by Crippen LogP contribution is -2.29. The molecule has 1 aromatic heterocycles. The number of nitrogens with one attached hydrogen (secondary N) is 1. The van der Waals surface area contributed by atoms with Gasteiger partial charge in [0.25, 0.3) is 5.91 Å². The Kier molecular flexibility index (Phi) is 6.97. The van der Waals surface area contributed by atoms with Gasteiger partial charge in [0.1, 0.15) is 0 Å². The summed E-state index contributed by atoms with van der Waals surface area (Å²) in [5.41, 5.74) is 1.15. The minimum Gasteiger partial charge on any atom is -0.383 e. The van der Waals surface area contributed by atoms with Crippen molar-refractivity contribution < 1.29 is 17.9 Å². The Hall–Kier alpha value is -1.45. The third-order valence-electron chi connectivity index (χ3n) is 3.42. The maximum Gasteiger partial charge on any atom is 0.255 e. The van der Waals surface area contributed by atoms with E-state index in [1.54, 1.807) is 18.4 Å². The Morgan fingerprint density at radius 1 is 1.36 bits per heavy atom. The van der Waals surface area contributed by atoms with Crippen LogP contribution in [-0.4, -0.2) is 46.5 Å². The monoisotopic (exact) mass is 402 g/mol. The van der Waals surface area contributed by atoms with Crippen molar-refractivity contribution in [1.29, 1.82) is 0 Å². The Morgan fingerprint density at radius 2 is 2.12 bits per heavy atom. The average molecular weight is 403 g/mol. The number of rotatable bonds is 8. The summed E-state index contributed by atoms with van der Waals surface area (Å²) in [6, 6.07) is 6.01. The summed E-state index contributed by atoms with van der Waals surface area (Å²) in [4.78, 5) is 14.1. The maximum atomic E-state index is 12.6. The molecule has 0 fully saturated rings. The minimum atomic E-state index is -3.74. The molecule has 1 amide bonds. The van der Waals surface area contributed by atoms with Gasteiger partial charge in [0, 0.05) is 27.2 Å². The van der Waals surface area contributed by atoms with E-state index in [1.165, 1.54) is 30.2 Å². The van der Waals surface area contributed by atoms with Crippen LogP contribution in [0.15, 0.2) is 39.9 Å². The first kappa shape index (κ1) is 19.9. The van der Waals surface area contributed by atoms with Crippen LogP contribution < -0.4 is 4.72 Å². The van der Waals surface area contributed by atoms with Crippen molar-refractivity contribution in [3.8, 4) is 0 Å². The zero-order valence-electron chi connectivity index (χ0n) is 13.9. The quantitative estimate of drug-likeness (QED) is 0.688. The highest BCUT2D eigenvalue weighted by Gasteiger charge is 2.20. The topological polar surface area (TPSA) is 75.7 Å². The molecule has 0 saturated carbocycles. The number of carbonyl (C=O) groups is 1. The van der Waals surface area contributed by atoms with Crippen LogP contribution in [0.25, 0.3) is 0 Å². The van der Waals surface area contributed by atoms with E-state index in [0.29, 0.717) is 6.54 Å².